The molecule has 0 saturated heterocycles. The number of ether oxygens (including phenoxy) is 2. The minimum absolute atomic E-state index is 0.306. The fourth-order valence-electron chi connectivity index (χ4n) is 1.84. The lowest BCUT2D eigenvalue weighted by molar-refractivity contribution is 0.102. The SMILES string of the molecule is CCOC(=O)Oc1c(C)cc2cccc(C)n12. The predicted molar refractivity (Wildman–Crippen MR) is 64.5 cm³/mol. The molecule has 0 fully saturated rings. The van der Waals surface area contributed by atoms with Crippen molar-refractivity contribution in [1.29, 1.82) is 0 Å². The van der Waals surface area contributed by atoms with Crippen molar-refractivity contribution in [2.75, 3.05) is 6.61 Å². The summed E-state index contributed by atoms with van der Waals surface area (Å²) < 4.78 is 11.9. The quantitative estimate of drug-likeness (QED) is 0.748. The maximum Gasteiger partial charge on any atom is 0.515 e. The molecule has 0 aliphatic carbocycles. The van der Waals surface area contributed by atoms with Crippen LogP contribution < -0.4 is 4.74 Å². The molecule has 0 bridgehead atoms. The first kappa shape index (κ1) is 11.5. The third-order valence-electron chi connectivity index (χ3n) is 2.56. The number of nitrogens with zero attached hydrogens (tertiary/aromatic N) is 1. The first-order valence-corrected chi connectivity index (χ1v) is 5.55. The van der Waals surface area contributed by atoms with Gasteiger partial charge in [0.25, 0.3) is 0 Å². The number of aryl methyl sites for hydroxylation is 2. The molecule has 0 aliphatic heterocycles. The van der Waals surface area contributed by atoms with Crippen molar-refractivity contribution in [1.82, 2.24) is 4.40 Å². The van der Waals surface area contributed by atoms with Crippen LogP contribution in [0.2, 0.25) is 0 Å². The summed E-state index contributed by atoms with van der Waals surface area (Å²) in [6.45, 7) is 5.92. The summed E-state index contributed by atoms with van der Waals surface area (Å²) in [6.07, 6.45) is -0.668. The van der Waals surface area contributed by atoms with Crippen LogP contribution in [0, 0.1) is 13.8 Å². The van der Waals surface area contributed by atoms with Gasteiger partial charge in [0, 0.05) is 16.8 Å². The molecular weight excluding hydrogens is 218 g/mol. The topological polar surface area (TPSA) is 39.9 Å². The Bertz CT molecular complexity index is 557. The Kier molecular flexibility index (Phi) is 3.04. The fraction of sp³-hybridized carbons (Fsp3) is 0.308. The van der Waals surface area contributed by atoms with E-state index < -0.39 is 6.16 Å². The third kappa shape index (κ3) is 2.11. The van der Waals surface area contributed by atoms with Gasteiger partial charge in [0.1, 0.15) is 0 Å². The second-order valence-electron chi connectivity index (χ2n) is 3.85. The molecule has 0 unspecified atom stereocenters. The summed E-state index contributed by atoms with van der Waals surface area (Å²) in [6, 6.07) is 7.88. The lowest BCUT2D eigenvalue weighted by Crippen LogP contribution is -2.12. The highest BCUT2D eigenvalue weighted by molar-refractivity contribution is 5.66. The van der Waals surface area contributed by atoms with Crippen LogP contribution in [0.1, 0.15) is 18.2 Å². The molecule has 0 saturated carbocycles. The minimum atomic E-state index is -0.668. The number of fused-ring (bicyclic) bond motifs is 1. The van der Waals surface area contributed by atoms with Gasteiger partial charge in [-0.2, -0.15) is 0 Å². The Morgan fingerprint density at radius 2 is 2.12 bits per heavy atom. The maximum absolute atomic E-state index is 11.4. The van der Waals surface area contributed by atoms with Crippen molar-refractivity contribution >= 4 is 11.7 Å². The molecule has 2 aromatic heterocycles. The molecule has 2 heterocycles. The van der Waals surface area contributed by atoms with Crippen LogP contribution in [-0.4, -0.2) is 17.2 Å². The number of carbonyl (C=O) groups is 1. The molecule has 0 aromatic carbocycles. The number of rotatable bonds is 2. The highest BCUT2D eigenvalue weighted by atomic mass is 16.7. The Balaban J connectivity index is 2.45. The average molecular weight is 233 g/mol. The van der Waals surface area contributed by atoms with Crippen LogP contribution in [0.15, 0.2) is 24.3 Å². The van der Waals surface area contributed by atoms with Crippen LogP contribution in [0.4, 0.5) is 4.79 Å². The molecule has 17 heavy (non-hydrogen) atoms. The molecule has 4 nitrogen and oxygen atoms in total. The minimum Gasteiger partial charge on any atom is -0.434 e. The van der Waals surface area contributed by atoms with E-state index in [-0.39, 0.29) is 0 Å². The number of hydrogen-bond acceptors (Lipinski definition) is 3. The van der Waals surface area contributed by atoms with E-state index in [1.54, 1.807) is 6.92 Å². The molecule has 0 radical (unpaired) electrons. The van der Waals surface area contributed by atoms with Crippen molar-refractivity contribution in [3.05, 3.63) is 35.5 Å². The molecule has 0 N–H and O–H groups in total. The zero-order valence-corrected chi connectivity index (χ0v) is 10.2. The summed E-state index contributed by atoms with van der Waals surface area (Å²) in [5.41, 5.74) is 2.92. The molecule has 2 aromatic rings. The Labute approximate surface area is 99.8 Å². The smallest absolute Gasteiger partial charge is 0.434 e. The molecule has 2 rings (SSSR count). The van der Waals surface area contributed by atoms with E-state index in [1.807, 2.05) is 42.5 Å². The lowest BCUT2D eigenvalue weighted by Gasteiger charge is -2.07. The van der Waals surface area contributed by atoms with Gasteiger partial charge in [-0.15, -0.1) is 0 Å². The van der Waals surface area contributed by atoms with Crippen LogP contribution in [0.5, 0.6) is 5.88 Å². The van der Waals surface area contributed by atoms with E-state index in [1.165, 1.54) is 0 Å². The standard InChI is InChI=1S/C13H15NO3/c1-4-16-13(15)17-12-9(2)8-11-7-5-6-10(3)14(11)12/h5-8H,4H2,1-3H3. The molecule has 90 valence electrons. The molecule has 0 spiro atoms. The van der Waals surface area contributed by atoms with Crippen molar-refractivity contribution in [2.45, 2.75) is 20.8 Å². The molecular formula is C13H15NO3. The number of pyridine rings is 1. The average Bonchev–Trinajstić information content (AvgIpc) is 2.57. The van der Waals surface area contributed by atoms with E-state index in [9.17, 15) is 4.79 Å². The van der Waals surface area contributed by atoms with Gasteiger partial charge in [0.15, 0.2) is 0 Å². The van der Waals surface area contributed by atoms with Crippen LogP contribution in [0.25, 0.3) is 5.52 Å². The monoisotopic (exact) mass is 233 g/mol. The predicted octanol–water partition coefficient (Wildman–Crippen LogP) is 3.09. The van der Waals surface area contributed by atoms with Crippen molar-refractivity contribution in [3.63, 3.8) is 0 Å². The first-order chi connectivity index (χ1) is 8.13. The van der Waals surface area contributed by atoms with E-state index in [0.717, 1.165) is 16.8 Å². The van der Waals surface area contributed by atoms with Gasteiger partial charge < -0.3 is 9.47 Å². The van der Waals surface area contributed by atoms with Crippen molar-refractivity contribution in [3.8, 4) is 5.88 Å². The zero-order valence-electron chi connectivity index (χ0n) is 10.2. The summed E-state index contributed by atoms with van der Waals surface area (Å²) in [4.78, 5) is 11.4. The summed E-state index contributed by atoms with van der Waals surface area (Å²) >= 11 is 0. The fourth-order valence-corrected chi connectivity index (χ4v) is 1.84. The second-order valence-corrected chi connectivity index (χ2v) is 3.85. The summed E-state index contributed by atoms with van der Waals surface area (Å²) in [7, 11) is 0. The Morgan fingerprint density at radius 3 is 2.82 bits per heavy atom. The van der Waals surface area contributed by atoms with Gasteiger partial charge in [-0.1, -0.05) is 6.07 Å². The lowest BCUT2D eigenvalue weighted by atomic mass is 10.3. The molecule has 0 amide bonds. The van der Waals surface area contributed by atoms with Crippen LogP contribution in [0.3, 0.4) is 0 Å². The Hall–Kier alpha value is -1.97. The van der Waals surface area contributed by atoms with Gasteiger partial charge in [0.05, 0.1) is 6.61 Å². The summed E-state index contributed by atoms with van der Waals surface area (Å²) in [5, 5.41) is 0. The number of aromatic nitrogens is 1. The van der Waals surface area contributed by atoms with Crippen molar-refractivity contribution in [2.24, 2.45) is 0 Å². The van der Waals surface area contributed by atoms with Crippen LogP contribution in [-0.2, 0) is 4.74 Å². The molecule has 0 aliphatic rings. The maximum atomic E-state index is 11.4. The second kappa shape index (κ2) is 4.49. The van der Waals surface area contributed by atoms with E-state index >= 15 is 0 Å². The van der Waals surface area contributed by atoms with Gasteiger partial charge in [-0.3, -0.25) is 4.40 Å². The van der Waals surface area contributed by atoms with E-state index in [2.05, 4.69) is 0 Å². The van der Waals surface area contributed by atoms with Gasteiger partial charge in [-0.05, 0) is 39.0 Å². The first-order valence-electron chi connectivity index (χ1n) is 5.55. The highest BCUT2D eigenvalue weighted by Crippen LogP contribution is 2.25. The summed E-state index contributed by atoms with van der Waals surface area (Å²) in [5.74, 6) is 0.525. The largest absolute Gasteiger partial charge is 0.515 e. The molecule has 0 atom stereocenters. The van der Waals surface area contributed by atoms with E-state index in [4.69, 9.17) is 9.47 Å². The van der Waals surface area contributed by atoms with Gasteiger partial charge in [-0.25, -0.2) is 4.79 Å². The zero-order chi connectivity index (χ0) is 12.4. The van der Waals surface area contributed by atoms with Gasteiger partial charge >= 0.3 is 6.16 Å². The third-order valence-corrected chi connectivity index (χ3v) is 2.56. The highest BCUT2D eigenvalue weighted by Gasteiger charge is 2.14. The number of carbonyl (C=O) groups excluding carboxylic acids is 1. The van der Waals surface area contributed by atoms with Gasteiger partial charge in [0.2, 0.25) is 5.88 Å². The van der Waals surface area contributed by atoms with E-state index in [0.29, 0.717) is 12.5 Å². The normalized spacial score (nSPS) is 10.5. The molecule has 4 heteroatoms. The van der Waals surface area contributed by atoms with Crippen LogP contribution >= 0.6 is 0 Å². The number of hydrogen-bond donors (Lipinski definition) is 0. The van der Waals surface area contributed by atoms with Crippen molar-refractivity contribution < 1.29 is 14.3 Å². The Morgan fingerprint density at radius 1 is 1.35 bits per heavy atom.